The van der Waals surface area contributed by atoms with Gasteiger partial charge in [0.1, 0.15) is 5.75 Å². The normalized spacial score (nSPS) is 15.4. The lowest BCUT2D eigenvalue weighted by Gasteiger charge is -2.14. The van der Waals surface area contributed by atoms with Crippen molar-refractivity contribution in [1.29, 1.82) is 0 Å². The van der Waals surface area contributed by atoms with Crippen molar-refractivity contribution < 1.29 is 14.6 Å². The molecule has 0 heterocycles. The van der Waals surface area contributed by atoms with E-state index < -0.39 is 5.97 Å². The fourth-order valence-corrected chi connectivity index (χ4v) is 2.48. The third kappa shape index (κ3) is 3.43. The van der Waals surface area contributed by atoms with Crippen LogP contribution in [0.2, 0.25) is 0 Å². The Balaban J connectivity index is 1.62. The van der Waals surface area contributed by atoms with Crippen molar-refractivity contribution in [2.24, 2.45) is 5.41 Å². The van der Waals surface area contributed by atoms with E-state index >= 15 is 0 Å². The second-order valence-corrected chi connectivity index (χ2v) is 5.75. The van der Waals surface area contributed by atoms with Gasteiger partial charge in [-0.05, 0) is 36.1 Å². The number of rotatable bonds is 6. The van der Waals surface area contributed by atoms with Crippen molar-refractivity contribution in [3.05, 3.63) is 54.6 Å². The second kappa shape index (κ2) is 5.60. The van der Waals surface area contributed by atoms with E-state index in [4.69, 9.17) is 9.84 Å². The van der Waals surface area contributed by atoms with Gasteiger partial charge in [-0.1, -0.05) is 42.5 Å². The molecule has 2 aromatic rings. The van der Waals surface area contributed by atoms with Crippen LogP contribution in [0.5, 0.6) is 5.75 Å². The average Bonchev–Trinajstić information content (AvgIpc) is 3.26. The molecule has 0 radical (unpaired) electrons. The third-order valence-corrected chi connectivity index (χ3v) is 3.99. The highest BCUT2D eigenvalue weighted by Crippen LogP contribution is 2.49. The number of carbonyl (C=O) groups is 1. The molecule has 0 amide bonds. The lowest BCUT2D eigenvalue weighted by Crippen LogP contribution is -2.17. The minimum atomic E-state index is -0.740. The summed E-state index contributed by atoms with van der Waals surface area (Å²) in [6.07, 6.45) is 2.10. The monoisotopic (exact) mass is 282 g/mol. The molecule has 0 bridgehead atoms. The molecule has 1 aliphatic carbocycles. The van der Waals surface area contributed by atoms with Crippen LogP contribution in [0, 0.1) is 5.41 Å². The highest BCUT2D eigenvalue weighted by Gasteiger charge is 2.45. The molecule has 0 saturated heterocycles. The zero-order valence-electron chi connectivity index (χ0n) is 11.8. The molecule has 0 atom stereocenters. The van der Waals surface area contributed by atoms with Gasteiger partial charge >= 0.3 is 5.97 Å². The van der Waals surface area contributed by atoms with Gasteiger partial charge in [-0.15, -0.1) is 0 Å². The number of hydrogen-bond donors (Lipinski definition) is 1. The Morgan fingerprint density at radius 2 is 1.62 bits per heavy atom. The van der Waals surface area contributed by atoms with Gasteiger partial charge in [0.25, 0.3) is 0 Å². The lowest BCUT2D eigenvalue weighted by atomic mass is 10.0. The van der Waals surface area contributed by atoms with Gasteiger partial charge in [0.05, 0.1) is 13.0 Å². The first kappa shape index (κ1) is 13.7. The lowest BCUT2D eigenvalue weighted by molar-refractivity contribution is -0.138. The zero-order valence-corrected chi connectivity index (χ0v) is 11.8. The zero-order chi connectivity index (χ0) is 14.7. The number of aliphatic carboxylic acids is 1. The van der Waals surface area contributed by atoms with E-state index in [0.29, 0.717) is 6.61 Å². The highest BCUT2D eigenvalue weighted by molar-refractivity contribution is 5.68. The van der Waals surface area contributed by atoms with E-state index in [1.165, 1.54) is 5.56 Å². The largest absolute Gasteiger partial charge is 0.493 e. The third-order valence-electron chi connectivity index (χ3n) is 3.99. The highest BCUT2D eigenvalue weighted by atomic mass is 16.5. The SMILES string of the molecule is O=C(O)CC1(COc2ccc(-c3ccccc3)cc2)CC1. The Hall–Kier alpha value is -2.29. The van der Waals surface area contributed by atoms with Crippen molar-refractivity contribution >= 4 is 5.97 Å². The molecule has 3 rings (SSSR count). The van der Waals surface area contributed by atoms with Crippen LogP contribution in [0.3, 0.4) is 0 Å². The summed E-state index contributed by atoms with van der Waals surface area (Å²) in [5, 5.41) is 8.89. The fraction of sp³-hybridized carbons (Fsp3) is 0.278. The topological polar surface area (TPSA) is 46.5 Å². The Bertz CT molecular complexity index is 613. The van der Waals surface area contributed by atoms with Crippen molar-refractivity contribution in [2.45, 2.75) is 19.3 Å². The minimum absolute atomic E-state index is 0.135. The summed E-state index contributed by atoms with van der Waals surface area (Å²) in [7, 11) is 0. The van der Waals surface area contributed by atoms with E-state index in [9.17, 15) is 4.79 Å². The first-order chi connectivity index (χ1) is 10.2. The number of carboxylic acid groups (broad SMARTS) is 1. The number of carboxylic acids is 1. The van der Waals surface area contributed by atoms with Gasteiger partial charge < -0.3 is 9.84 Å². The van der Waals surface area contributed by atoms with E-state index in [0.717, 1.165) is 24.2 Å². The van der Waals surface area contributed by atoms with Gasteiger partial charge in [-0.25, -0.2) is 0 Å². The maximum Gasteiger partial charge on any atom is 0.304 e. The Kier molecular flexibility index (Phi) is 3.65. The predicted octanol–water partition coefficient (Wildman–Crippen LogP) is 3.99. The molecule has 0 unspecified atom stereocenters. The van der Waals surface area contributed by atoms with Crippen LogP contribution in [0.15, 0.2) is 54.6 Å². The van der Waals surface area contributed by atoms with E-state index in [1.807, 2.05) is 42.5 Å². The smallest absolute Gasteiger partial charge is 0.304 e. The first-order valence-corrected chi connectivity index (χ1v) is 7.17. The molecule has 2 aromatic carbocycles. The summed E-state index contributed by atoms with van der Waals surface area (Å²) in [6, 6.07) is 18.1. The maximum atomic E-state index is 10.8. The van der Waals surface area contributed by atoms with Gasteiger partial charge in [0, 0.05) is 5.41 Å². The number of hydrogen-bond acceptors (Lipinski definition) is 2. The predicted molar refractivity (Wildman–Crippen MR) is 81.3 cm³/mol. The number of benzene rings is 2. The van der Waals surface area contributed by atoms with Crippen LogP contribution in [0.4, 0.5) is 0 Å². The van der Waals surface area contributed by atoms with Crippen molar-refractivity contribution in [3.8, 4) is 16.9 Å². The molecule has 1 aliphatic rings. The Labute approximate surface area is 124 Å². The second-order valence-electron chi connectivity index (χ2n) is 5.75. The van der Waals surface area contributed by atoms with Crippen molar-refractivity contribution in [1.82, 2.24) is 0 Å². The molecule has 0 aromatic heterocycles. The summed E-state index contributed by atoms with van der Waals surface area (Å²) in [5.74, 6) is 0.0573. The van der Waals surface area contributed by atoms with Crippen LogP contribution in [0.25, 0.3) is 11.1 Å². The van der Waals surface area contributed by atoms with Gasteiger partial charge in [0.2, 0.25) is 0 Å². The summed E-state index contributed by atoms with van der Waals surface area (Å²) in [6.45, 7) is 0.490. The van der Waals surface area contributed by atoms with Gasteiger partial charge in [-0.3, -0.25) is 4.79 Å². The van der Waals surface area contributed by atoms with Crippen molar-refractivity contribution in [3.63, 3.8) is 0 Å². The van der Waals surface area contributed by atoms with Crippen LogP contribution in [0.1, 0.15) is 19.3 Å². The standard InChI is InChI=1S/C18H18O3/c19-17(20)12-18(10-11-18)13-21-16-8-6-15(7-9-16)14-4-2-1-3-5-14/h1-9H,10-13H2,(H,19,20). The maximum absolute atomic E-state index is 10.8. The van der Waals surface area contributed by atoms with Crippen LogP contribution in [-0.2, 0) is 4.79 Å². The Morgan fingerprint density at radius 1 is 1.00 bits per heavy atom. The summed E-state index contributed by atoms with van der Waals surface area (Å²) >= 11 is 0. The average molecular weight is 282 g/mol. The summed E-state index contributed by atoms with van der Waals surface area (Å²) in [4.78, 5) is 10.8. The van der Waals surface area contributed by atoms with Gasteiger partial charge in [0.15, 0.2) is 0 Å². The molecule has 0 aliphatic heterocycles. The van der Waals surface area contributed by atoms with Crippen molar-refractivity contribution in [2.75, 3.05) is 6.61 Å². The molecular formula is C18H18O3. The molecule has 1 saturated carbocycles. The van der Waals surface area contributed by atoms with Crippen LogP contribution < -0.4 is 4.74 Å². The quantitative estimate of drug-likeness (QED) is 0.871. The van der Waals surface area contributed by atoms with Crippen LogP contribution >= 0.6 is 0 Å². The molecular weight excluding hydrogens is 264 g/mol. The number of ether oxygens (including phenoxy) is 1. The van der Waals surface area contributed by atoms with Crippen LogP contribution in [-0.4, -0.2) is 17.7 Å². The van der Waals surface area contributed by atoms with E-state index in [1.54, 1.807) is 0 Å². The molecule has 1 fully saturated rings. The summed E-state index contributed by atoms with van der Waals surface area (Å²) < 4.78 is 5.76. The first-order valence-electron chi connectivity index (χ1n) is 7.17. The fourth-order valence-electron chi connectivity index (χ4n) is 2.48. The summed E-state index contributed by atoms with van der Waals surface area (Å²) in [5.41, 5.74) is 2.19. The van der Waals surface area contributed by atoms with Gasteiger partial charge in [-0.2, -0.15) is 0 Å². The molecule has 0 spiro atoms. The Morgan fingerprint density at radius 3 is 2.19 bits per heavy atom. The van der Waals surface area contributed by atoms with E-state index in [-0.39, 0.29) is 11.8 Å². The molecule has 1 N–H and O–H groups in total. The van der Waals surface area contributed by atoms with E-state index in [2.05, 4.69) is 12.1 Å². The molecule has 21 heavy (non-hydrogen) atoms. The molecule has 3 heteroatoms. The minimum Gasteiger partial charge on any atom is -0.493 e. The molecule has 108 valence electrons. The molecule has 3 nitrogen and oxygen atoms in total.